The summed E-state index contributed by atoms with van der Waals surface area (Å²) in [5.41, 5.74) is 15.3. The first-order valence-electron chi connectivity index (χ1n) is 20.8. The molecule has 61 heavy (non-hydrogen) atoms. The molecule has 3 nitrogen and oxygen atoms in total. The van der Waals surface area contributed by atoms with E-state index in [1.54, 1.807) is 0 Å². The van der Waals surface area contributed by atoms with Crippen molar-refractivity contribution in [3.63, 3.8) is 0 Å². The van der Waals surface area contributed by atoms with Crippen molar-refractivity contribution in [2.24, 2.45) is 0 Å². The van der Waals surface area contributed by atoms with Gasteiger partial charge in [-0.25, -0.2) is 0 Å². The van der Waals surface area contributed by atoms with Crippen LogP contribution in [-0.4, -0.2) is 4.57 Å². The van der Waals surface area contributed by atoms with Gasteiger partial charge in [-0.3, -0.25) is 0 Å². The summed E-state index contributed by atoms with van der Waals surface area (Å²) in [7, 11) is 0. The van der Waals surface area contributed by atoms with Gasteiger partial charge in [0.05, 0.1) is 22.1 Å². The van der Waals surface area contributed by atoms with Gasteiger partial charge < -0.3 is 13.9 Å². The summed E-state index contributed by atoms with van der Waals surface area (Å²) < 4.78 is 9.31. The molecule has 2 heterocycles. The van der Waals surface area contributed by atoms with Crippen molar-refractivity contribution in [1.29, 1.82) is 0 Å². The number of hydrogen-bond donors (Lipinski definition) is 0. The molecule has 0 unspecified atom stereocenters. The third-order valence-corrected chi connectivity index (χ3v) is 12.2. The second kappa shape index (κ2) is 14.3. The Morgan fingerprint density at radius 1 is 0.361 bits per heavy atom. The maximum atomic E-state index is 6.92. The summed E-state index contributed by atoms with van der Waals surface area (Å²) in [5.74, 6) is 0. The third kappa shape index (κ3) is 5.82. The van der Waals surface area contributed by atoms with Crippen molar-refractivity contribution in [3.05, 3.63) is 231 Å². The third-order valence-electron chi connectivity index (χ3n) is 12.2. The first-order chi connectivity index (χ1) is 30.3. The Labute approximate surface area is 353 Å². The van der Waals surface area contributed by atoms with Gasteiger partial charge in [0, 0.05) is 38.8 Å². The van der Waals surface area contributed by atoms with E-state index in [-0.39, 0.29) is 0 Å². The van der Waals surface area contributed by atoms with E-state index in [0.29, 0.717) is 0 Å². The van der Waals surface area contributed by atoms with Gasteiger partial charge in [0.2, 0.25) is 0 Å². The second-order valence-corrected chi connectivity index (χ2v) is 15.7. The van der Waals surface area contributed by atoms with Crippen LogP contribution in [0.25, 0.3) is 93.6 Å². The molecular formula is C58H38N2O. The Bertz CT molecular complexity index is 3560. The standard InChI is InChI=1S/C58H38N2O/c1-3-14-39(15-4-1)40-26-28-41(29-27-40)42-30-32-45(33-31-42)59(46-34-35-50-49-21-9-11-24-53(49)60(55(50)38-46)44-18-5-2-6-19-44)54-37-36-51(48-23-13-17-43-16-7-8-20-47(43)48)58-57(54)52-22-10-12-25-56(52)61-58/h1-38H. The normalized spacial score (nSPS) is 11.6. The number of nitrogens with zero attached hydrogens (tertiary/aromatic N) is 2. The SMILES string of the molecule is c1ccc(-c2ccc(-c3ccc(N(c4ccc5c6ccccc6n(-c6ccccc6)c5c4)c4ccc(-c5cccc6ccccc56)c5oc6ccccc6c45)cc3)cc2)cc1. The molecule has 0 atom stereocenters. The molecular weight excluding hydrogens is 741 g/mol. The lowest BCUT2D eigenvalue weighted by Crippen LogP contribution is -2.10. The van der Waals surface area contributed by atoms with Gasteiger partial charge in [0.1, 0.15) is 11.2 Å². The van der Waals surface area contributed by atoms with Gasteiger partial charge in [0.15, 0.2) is 0 Å². The lowest BCUT2D eigenvalue weighted by molar-refractivity contribution is 0.670. The molecule has 12 rings (SSSR count). The van der Waals surface area contributed by atoms with Crippen LogP contribution in [0.3, 0.4) is 0 Å². The Kier molecular flexibility index (Phi) is 8.17. The van der Waals surface area contributed by atoms with Crippen LogP contribution in [0.1, 0.15) is 0 Å². The highest BCUT2D eigenvalue weighted by Gasteiger charge is 2.24. The van der Waals surface area contributed by atoms with Gasteiger partial charge in [-0.05, 0) is 99.3 Å². The highest BCUT2D eigenvalue weighted by Crippen LogP contribution is 2.48. The van der Waals surface area contributed by atoms with E-state index in [1.807, 2.05) is 0 Å². The van der Waals surface area contributed by atoms with Crippen molar-refractivity contribution < 1.29 is 4.42 Å². The van der Waals surface area contributed by atoms with Crippen LogP contribution in [0.15, 0.2) is 235 Å². The molecule has 0 radical (unpaired) electrons. The summed E-state index contributed by atoms with van der Waals surface area (Å²) in [4.78, 5) is 2.41. The smallest absolute Gasteiger partial charge is 0.145 e. The van der Waals surface area contributed by atoms with E-state index in [9.17, 15) is 0 Å². The number of rotatable bonds is 7. The number of aromatic nitrogens is 1. The highest BCUT2D eigenvalue weighted by molar-refractivity contribution is 6.19. The molecule has 0 saturated heterocycles. The summed E-state index contributed by atoms with van der Waals surface area (Å²) in [6, 6.07) is 82.8. The number of furan rings is 1. The van der Waals surface area contributed by atoms with E-state index in [0.717, 1.165) is 66.9 Å². The average Bonchev–Trinajstić information content (AvgIpc) is 3.89. The molecule has 0 saturated carbocycles. The van der Waals surface area contributed by atoms with Crippen molar-refractivity contribution in [1.82, 2.24) is 4.57 Å². The Morgan fingerprint density at radius 3 is 1.70 bits per heavy atom. The molecule has 12 aromatic rings. The van der Waals surface area contributed by atoms with Crippen LogP contribution >= 0.6 is 0 Å². The molecule has 0 fully saturated rings. The fourth-order valence-corrected chi connectivity index (χ4v) is 9.34. The molecule has 0 N–H and O–H groups in total. The van der Waals surface area contributed by atoms with Gasteiger partial charge in [0.25, 0.3) is 0 Å². The monoisotopic (exact) mass is 778 g/mol. The van der Waals surface area contributed by atoms with E-state index >= 15 is 0 Å². The molecule has 286 valence electrons. The van der Waals surface area contributed by atoms with Crippen molar-refractivity contribution >= 4 is 71.6 Å². The second-order valence-electron chi connectivity index (χ2n) is 15.7. The van der Waals surface area contributed by atoms with Crippen molar-refractivity contribution in [2.45, 2.75) is 0 Å². The van der Waals surface area contributed by atoms with Crippen LogP contribution < -0.4 is 4.90 Å². The molecule has 0 bridgehead atoms. The first kappa shape index (κ1) is 34.9. The largest absolute Gasteiger partial charge is 0.455 e. The fraction of sp³-hybridized carbons (Fsp3) is 0. The Balaban J connectivity index is 1.09. The van der Waals surface area contributed by atoms with Crippen molar-refractivity contribution in [3.8, 4) is 39.1 Å². The minimum atomic E-state index is 0.861. The predicted molar refractivity (Wildman–Crippen MR) is 257 cm³/mol. The number of hydrogen-bond acceptors (Lipinski definition) is 2. The summed E-state index contributed by atoms with van der Waals surface area (Å²) in [5, 5.41) is 6.99. The van der Waals surface area contributed by atoms with Gasteiger partial charge in [-0.1, -0.05) is 170 Å². The van der Waals surface area contributed by atoms with E-state index < -0.39 is 0 Å². The molecule has 0 amide bonds. The fourth-order valence-electron chi connectivity index (χ4n) is 9.34. The summed E-state index contributed by atoms with van der Waals surface area (Å²) >= 11 is 0. The zero-order valence-electron chi connectivity index (χ0n) is 33.2. The number of fused-ring (bicyclic) bond motifs is 7. The number of para-hydroxylation sites is 3. The van der Waals surface area contributed by atoms with Crippen LogP contribution in [0.5, 0.6) is 0 Å². The molecule has 10 aromatic carbocycles. The predicted octanol–water partition coefficient (Wildman–Crippen LogP) is 16.3. The molecule has 2 aromatic heterocycles. The van der Waals surface area contributed by atoms with E-state index in [4.69, 9.17) is 4.42 Å². The Morgan fingerprint density at radius 2 is 0.934 bits per heavy atom. The maximum Gasteiger partial charge on any atom is 0.145 e. The lowest BCUT2D eigenvalue weighted by Gasteiger charge is -2.27. The van der Waals surface area contributed by atoms with Crippen molar-refractivity contribution in [2.75, 3.05) is 4.90 Å². The molecule has 0 spiro atoms. The first-order valence-corrected chi connectivity index (χ1v) is 20.8. The quantitative estimate of drug-likeness (QED) is 0.161. The summed E-state index contributed by atoms with van der Waals surface area (Å²) in [6.07, 6.45) is 0. The average molecular weight is 779 g/mol. The lowest BCUT2D eigenvalue weighted by atomic mass is 9.95. The van der Waals surface area contributed by atoms with Crippen LogP contribution in [0, 0.1) is 0 Å². The Hall–Kier alpha value is -8.14. The zero-order chi connectivity index (χ0) is 40.3. The van der Waals surface area contributed by atoms with Crippen LogP contribution in [-0.2, 0) is 0 Å². The zero-order valence-corrected chi connectivity index (χ0v) is 33.2. The minimum absolute atomic E-state index is 0.861. The van der Waals surface area contributed by atoms with Crippen LogP contribution in [0.4, 0.5) is 17.1 Å². The van der Waals surface area contributed by atoms with Gasteiger partial charge in [-0.2, -0.15) is 0 Å². The molecule has 0 aliphatic rings. The number of anilines is 3. The van der Waals surface area contributed by atoms with E-state index in [2.05, 4.69) is 240 Å². The van der Waals surface area contributed by atoms with E-state index in [1.165, 1.54) is 43.8 Å². The topological polar surface area (TPSA) is 21.3 Å². The summed E-state index contributed by atoms with van der Waals surface area (Å²) in [6.45, 7) is 0. The highest BCUT2D eigenvalue weighted by atomic mass is 16.3. The van der Waals surface area contributed by atoms with Gasteiger partial charge in [-0.15, -0.1) is 0 Å². The molecule has 3 heteroatoms. The van der Waals surface area contributed by atoms with Gasteiger partial charge >= 0.3 is 0 Å². The number of benzene rings is 10. The minimum Gasteiger partial charge on any atom is -0.455 e. The maximum absolute atomic E-state index is 6.92. The van der Waals surface area contributed by atoms with Crippen LogP contribution in [0.2, 0.25) is 0 Å². The molecule has 0 aliphatic heterocycles. The molecule has 0 aliphatic carbocycles.